The van der Waals surface area contributed by atoms with Crippen LogP contribution in [0.3, 0.4) is 0 Å². The molecular weight excluding hydrogens is 320 g/mol. The number of hydrogen-bond acceptors (Lipinski definition) is 5. The van der Waals surface area contributed by atoms with Crippen molar-refractivity contribution in [1.82, 2.24) is 0 Å². The Morgan fingerprint density at radius 3 is 1.88 bits per heavy atom. The minimum absolute atomic E-state index is 0.0728. The second-order valence-electron chi connectivity index (χ2n) is 5.75. The smallest absolute Gasteiger partial charge is 0.122 e. The number of hydrogen-bond donors (Lipinski definition) is 2. The van der Waals surface area contributed by atoms with Crippen LogP contribution in [0.2, 0.25) is 0 Å². The Hall–Kier alpha value is -2.05. The molecule has 3 atom stereocenters. The standard InChI is InChI=1S/C20H24O5/c21-12-11-19(24-14-16-7-3-1-4-8-16)20(18(23)13-22)25-15-17-9-5-2-6-10-17/h1-10,12,18-20,22-23H,11,13-15H2/t18-,19-,20-/m1/s1. The monoisotopic (exact) mass is 344 g/mol. The van der Waals surface area contributed by atoms with Crippen LogP contribution in [-0.2, 0) is 27.5 Å². The van der Waals surface area contributed by atoms with Crippen molar-refractivity contribution in [3.8, 4) is 0 Å². The van der Waals surface area contributed by atoms with Gasteiger partial charge in [-0.05, 0) is 11.1 Å². The van der Waals surface area contributed by atoms with Crippen molar-refractivity contribution in [2.45, 2.75) is 37.9 Å². The molecule has 0 fully saturated rings. The highest BCUT2D eigenvalue weighted by atomic mass is 16.5. The lowest BCUT2D eigenvalue weighted by Crippen LogP contribution is -2.43. The first-order valence-electron chi connectivity index (χ1n) is 8.28. The van der Waals surface area contributed by atoms with Crippen LogP contribution in [0, 0.1) is 0 Å². The minimum atomic E-state index is -1.13. The highest BCUT2D eigenvalue weighted by molar-refractivity contribution is 5.50. The van der Waals surface area contributed by atoms with Crippen molar-refractivity contribution in [2.75, 3.05) is 6.61 Å². The molecule has 0 aliphatic carbocycles. The van der Waals surface area contributed by atoms with Gasteiger partial charge in [0.1, 0.15) is 18.5 Å². The van der Waals surface area contributed by atoms with Crippen LogP contribution >= 0.6 is 0 Å². The van der Waals surface area contributed by atoms with Gasteiger partial charge in [0, 0.05) is 6.42 Å². The fourth-order valence-corrected chi connectivity index (χ4v) is 2.51. The highest BCUT2D eigenvalue weighted by Gasteiger charge is 2.29. The van der Waals surface area contributed by atoms with E-state index in [-0.39, 0.29) is 13.0 Å². The number of aliphatic hydroxyl groups is 2. The van der Waals surface area contributed by atoms with Crippen LogP contribution in [0.25, 0.3) is 0 Å². The third kappa shape index (κ3) is 6.40. The molecule has 0 aliphatic heterocycles. The summed E-state index contributed by atoms with van der Waals surface area (Å²) in [6.07, 6.45) is -1.78. The molecule has 0 saturated carbocycles. The van der Waals surface area contributed by atoms with E-state index in [2.05, 4.69) is 0 Å². The molecule has 0 heterocycles. The number of carbonyl (C=O) groups is 1. The molecule has 134 valence electrons. The van der Waals surface area contributed by atoms with Crippen LogP contribution in [0.4, 0.5) is 0 Å². The molecule has 0 saturated heterocycles. The van der Waals surface area contributed by atoms with E-state index in [1.807, 2.05) is 60.7 Å². The molecule has 0 radical (unpaired) electrons. The van der Waals surface area contributed by atoms with Gasteiger partial charge >= 0.3 is 0 Å². The minimum Gasteiger partial charge on any atom is -0.394 e. The molecule has 0 bridgehead atoms. The second-order valence-corrected chi connectivity index (χ2v) is 5.75. The molecule has 0 unspecified atom stereocenters. The van der Waals surface area contributed by atoms with Crippen LogP contribution < -0.4 is 0 Å². The summed E-state index contributed by atoms with van der Waals surface area (Å²) in [7, 11) is 0. The SMILES string of the molecule is O=CC[C@@H](OCc1ccccc1)[C@H](OCc1ccccc1)[C@H](O)CO. The molecule has 5 heteroatoms. The third-order valence-corrected chi connectivity index (χ3v) is 3.85. The number of aliphatic hydroxyl groups excluding tert-OH is 2. The molecule has 0 spiro atoms. The quantitative estimate of drug-likeness (QED) is 0.611. The molecule has 0 aromatic heterocycles. The molecule has 2 rings (SSSR count). The van der Waals surface area contributed by atoms with Gasteiger partial charge in [0.15, 0.2) is 0 Å². The van der Waals surface area contributed by atoms with Crippen molar-refractivity contribution >= 4 is 6.29 Å². The average Bonchev–Trinajstić information content (AvgIpc) is 2.67. The van der Waals surface area contributed by atoms with Gasteiger partial charge < -0.3 is 24.5 Å². The summed E-state index contributed by atoms with van der Waals surface area (Å²) >= 11 is 0. The lowest BCUT2D eigenvalue weighted by atomic mass is 10.1. The van der Waals surface area contributed by atoms with E-state index < -0.39 is 24.9 Å². The van der Waals surface area contributed by atoms with Crippen molar-refractivity contribution < 1.29 is 24.5 Å². The van der Waals surface area contributed by atoms with Gasteiger partial charge in [-0.25, -0.2) is 0 Å². The maximum absolute atomic E-state index is 11.0. The van der Waals surface area contributed by atoms with E-state index in [4.69, 9.17) is 9.47 Å². The molecule has 5 nitrogen and oxygen atoms in total. The first-order valence-corrected chi connectivity index (χ1v) is 8.28. The second kappa shape index (κ2) is 10.7. The van der Waals surface area contributed by atoms with Gasteiger partial charge in [-0.2, -0.15) is 0 Å². The highest BCUT2D eigenvalue weighted by Crippen LogP contribution is 2.17. The summed E-state index contributed by atoms with van der Waals surface area (Å²) in [5.41, 5.74) is 1.89. The summed E-state index contributed by atoms with van der Waals surface area (Å²) in [5.74, 6) is 0. The van der Waals surface area contributed by atoms with Crippen LogP contribution in [0.5, 0.6) is 0 Å². The zero-order valence-electron chi connectivity index (χ0n) is 14.0. The fraction of sp³-hybridized carbons (Fsp3) is 0.350. The lowest BCUT2D eigenvalue weighted by molar-refractivity contribution is -0.146. The zero-order valence-corrected chi connectivity index (χ0v) is 14.0. The van der Waals surface area contributed by atoms with E-state index in [1.165, 1.54) is 0 Å². The molecule has 2 N–H and O–H groups in total. The molecule has 2 aromatic rings. The third-order valence-electron chi connectivity index (χ3n) is 3.85. The lowest BCUT2D eigenvalue weighted by Gasteiger charge is -2.29. The van der Waals surface area contributed by atoms with Gasteiger partial charge in [-0.15, -0.1) is 0 Å². The summed E-state index contributed by atoms with van der Waals surface area (Å²) in [6.45, 7) is 0.0822. The largest absolute Gasteiger partial charge is 0.394 e. The Bertz CT molecular complexity index is 602. The van der Waals surface area contributed by atoms with E-state index in [0.29, 0.717) is 6.61 Å². The summed E-state index contributed by atoms with van der Waals surface area (Å²) < 4.78 is 11.6. The number of aldehydes is 1. The van der Waals surface area contributed by atoms with E-state index in [0.717, 1.165) is 17.4 Å². The van der Waals surface area contributed by atoms with Gasteiger partial charge in [-0.3, -0.25) is 0 Å². The van der Waals surface area contributed by atoms with E-state index >= 15 is 0 Å². The Morgan fingerprint density at radius 2 is 1.40 bits per heavy atom. The number of rotatable bonds is 11. The number of carbonyl (C=O) groups excluding carboxylic acids is 1. The maximum Gasteiger partial charge on any atom is 0.122 e. The van der Waals surface area contributed by atoms with Gasteiger partial charge in [0.05, 0.1) is 25.9 Å². The molecule has 25 heavy (non-hydrogen) atoms. The summed E-state index contributed by atoms with van der Waals surface area (Å²) in [4.78, 5) is 11.0. The molecular formula is C20H24O5. The Morgan fingerprint density at radius 1 is 0.880 bits per heavy atom. The van der Waals surface area contributed by atoms with Crippen LogP contribution in [0.1, 0.15) is 17.5 Å². The maximum atomic E-state index is 11.0. The van der Waals surface area contributed by atoms with Crippen molar-refractivity contribution in [3.63, 3.8) is 0 Å². The van der Waals surface area contributed by atoms with Crippen LogP contribution in [-0.4, -0.2) is 41.4 Å². The van der Waals surface area contributed by atoms with Crippen molar-refractivity contribution in [2.24, 2.45) is 0 Å². The van der Waals surface area contributed by atoms with Gasteiger partial charge in [0.2, 0.25) is 0 Å². The predicted molar refractivity (Wildman–Crippen MR) is 93.8 cm³/mol. The Balaban J connectivity index is 2.03. The predicted octanol–water partition coefficient (Wildman–Crippen LogP) is 2.10. The molecule has 0 aliphatic rings. The fourth-order valence-electron chi connectivity index (χ4n) is 2.51. The Labute approximate surface area is 147 Å². The van der Waals surface area contributed by atoms with Crippen LogP contribution in [0.15, 0.2) is 60.7 Å². The van der Waals surface area contributed by atoms with E-state index in [1.54, 1.807) is 0 Å². The Kier molecular flexibility index (Phi) is 8.28. The van der Waals surface area contributed by atoms with Gasteiger partial charge in [-0.1, -0.05) is 60.7 Å². The number of benzene rings is 2. The number of ether oxygens (including phenoxy) is 2. The molecule has 2 aromatic carbocycles. The normalized spacial score (nSPS) is 14.6. The van der Waals surface area contributed by atoms with Crippen molar-refractivity contribution in [3.05, 3.63) is 71.8 Å². The zero-order chi connectivity index (χ0) is 17.9. The summed E-state index contributed by atoms with van der Waals surface area (Å²) in [5, 5.41) is 19.4. The average molecular weight is 344 g/mol. The molecule has 0 amide bonds. The topological polar surface area (TPSA) is 76.0 Å². The van der Waals surface area contributed by atoms with Crippen molar-refractivity contribution in [1.29, 1.82) is 0 Å². The first kappa shape index (κ1) is 19.3. The first-order chi connectivity index (χ1) is 12.2. The summed E-state index contributed by atoms with van der Waals surface area (Å²) in [6, 6.07) is 19.1. The van der Waals surface area contributed by atoms with Gasteiger partial charge in [0.25, 0.3) is 0 Å². The van der Waals surface area contributed by atoms with E-state index in [9.17, 15) is 15.0 Å².